The van der Waals surface area contributed by atoms with Crippen molar-refractivity contribution >= 4 is 17.5 Å². The summed E-state index contributed by atoms with van der Waals surface area (Å²) in [7, 11) is 0. The van der Waals surface area contributed by atoms with Gasteiger partial charge in [0.1, 0.15) is 0 Å². The number of aryl methyl sites for hydroxylation is 1. The molecule has 0 aliphatic carbocycles. The van der Waals surface area contributed by atoms with Crippen LogP contribution in [0.1, 0.15) is 26.3 Å². The van der Waals surface area contributed by atoms with Crippen LogP contribution >= 0.6 is 0 Å². The van der Waals surface area contributed by atoms with Crippen molar-refractivity contribution in [3.8, 4) is 0 Å². The molecule has 0 atom stereocenters. The number of rotatable bonds is 1. The largest absolute Gasteiger partial charge is 0.288 e. The van der Waals surface area contributed by atoms with Gasteiger partial charge in [0.2, 0.25) is 0 Å². The number of benzene rings is 1. The molecule has 1 aromatic rings. The van der Waals surface area contributed by atoms with Gasteiger partial charge in [-0.15, -0.1) is 0 Å². The second-order valence-electron chi connectivity index (χ2n) is 3.22. The molecule has 1 aromatic carbocycles. The number of carbonyl (C=O) groups excluding carboxylic acids is 2. The summed E-state index contributed by atoms with van der Waals surface area (Å²) in [6, 6.07) is 2.48. The summed E-state index contributed by atoms with van der Waals surface area (Å²) in [4.78, 5) is 32.4. The standard InChI is InChI=1S/C9H6N2O4/c1-4-2-5-6(3-7(4)11(14)15)9(13)10-8(5)12/h2-3H,1H3,(H,10,12,13). The van der Waals surface area contributed by atoms with Gasteiger partial charge < -0.3 is 0 Å². The zero-order valence-corrected chi connectivity index (χ0v) is 7.73. The van der Waals surface area contributed by atoms with Crippen molar-refractivity contribution < 1.29 is 14.5 Å². The summed E-state index contributed by atoms with van der Waals surface area (Å²) in [5.41, 5.74) is 0.475. The Balaban J connectivity index is 2.70. The van der Waals surface area contributed by atoms with Gasteiger partial charge in [-0.1, -0.05) is 0 Å². The molecule has 0 fully saturated rings. The van der Waals surface area contributed by atoms with Crippen LogP contribution in [0.2, 0.25) is 0 Å². The van der Waals surface area contributed by atoms with E-state index >= 15 is 0 Å². The summed E-state index contributed by atoms with van der Waals surface area (Å²) in [5, 5.41) is 12.7. The molecule has 2 rings (SSSR count). The Labute approximate surface area is 84.0 Å². The van der Waals surface area contributed by atoms with Gasteiger partial charge in [0, 0.05) is 11.6 Å². The van der Waals surface area contributed by atoms with Crippen LogP contribution in [0.25, 0.3) is 0 Å². The molecule has 1 heterocycles. The van der Waals surface area contributed by atoms with Gasteiger partial charge in [0.25, 0.3) is 17.5 Å². The fraction of sp³-hybridized carbons (Fsp3) is 0.111. The predicted molar refractivity (Wildman–Crippen MR) is 49.6 cm³/mol. The van der Waals surface area contributed by atoms with Crippen molar-refractivity contribution in [2.24, 2.45) is 0 Å². The summed E-state index contributed by atoms with van der Waals surface area (Å²) in [5.74, 6) is -1.09. The molecule has 0 saturated heterocycles. The minimum absolute atomic E-state index is 0.0669. The van der Waals surface area contributed by atoms with Crippen LogP contribution in [0, 0.1) is 17.0 Å². The van der Waals surface area contributed by atoms with Crippen LogP contribution in [-0.2, 0) is 0 Å². The maximum absolute atomic E-state index is 11.2. The average Bonchev–Trinajstić information content (AvgIpc) is 2.41. The third-order valence-corrected chi connectivity index (χ3v) is 2.25. The van der Waals surface area contributed by atoms with Gasteiger partial charge in [0.15, 0.2) is 0 Å². The molecule has 6 heteroatoms. The molecule has 1 N–H and O–H groups in total. The highest BCUT2D eigenvalue weighted by Gasteiger charge is 2.29. The first kappa shape index (κ1) is 9.32. The summed E-state index contributed by atoms with van der Waals surface area (Å²) >= 11 is 0. The van der Waals surface area contributed by atoms with Gasteiger partial charge in [0.05, 0.1) is 16.1 Å². The van der Waals surface area contributed by atoms with Gasteiger partial charge in [-0.05, 0) is 13.0 Å². The Kier molecular flexibility index (Phi) is 1.79. The van der Waals surface area contributed by atoms with E-state index in [9.17, 15) is 19.7 Å². The Morgan fingerprint density at radius 2 is 1.73 bits per heavy atom. The maximum Gasteiger partial charge on any atom is 0.273 e. The van der Waals surface area contributed by atoms with Crippen LogP contribution in [0.4, 0.5) is 5.69 Å². The summed E-state index contributed by atoms with van der Waals surface area (Å²) in [6.07, 6.45) is 0. The van der Waals surface area contributed by atoms with Crippen molar-refractivity contribution in [3.05, 3.63) is 38.9 Å². The highest BCUT2D eigenvalue weighted by molar-refractivity contribution is 6.21. The number of imide groups is 1. The van der Waals surface area contributed by atoms with Gasteiger partial charge in [-0.2, -0.15) is 0 Å². The fourth-order valence-corrected chi connectivity index (χ4v) is 1.51. The minimum atomic E-state index is -0.585. The molecule has 1 aliphatic rings. The van der Waals surface area contributed by atoms with Crippen molar-refractivity contribution in [2.75, 3.05) is 0 Å². The predicted octanol–water partition coefficient (Wildman–Crippen LogP) is 0.787. The molecule has 0 bridgehead atoms. The minimum Gasteiger partial charge on any atom is -0.288 e. The van der Waals surface area contributed by atoms with E-state index in [0.29, 0.717) is 5.56 Å². The van der Waals surface area contributed by atoms with Crippen LogP contribution in [0.5, 0.6) is 0 Å². The van der Waals surface area contributed by atoms with E-state index in [2.05, 4.69) is 5.32 Å². The topological polar surface area (TPSA) is 89.3 Å². The lowest BCUT2D eigenvalue weighted by Gasteiger charge is -1.98. The number of nitrogens with zero attached hydrogens (tertiary/aromatic N) is 1. The molecule has 15 heavy (non-hydrogen) atoms. The smallest absolute Gasteiger partial charge is 0.273 e. The van der Waals surface area contributed by atoms with E-state index in [1.54, 1.807) is 0 Å². The molecule has 0 unspecified atom stereocenters. The molecular weight excluding hydrogens is 200 g/mol. The molecule has 0 spiro atoms. The third kappa shape index (κ3) is 1.26. The molecule has 76 valence electrons. The van der Waals surface area contributed by atoms with Crippen molar-refractivity contribution in [3.63, 3.8) is 0 Å². The van der Waals surface area contributed by atoms with E-state index in [4.69, 9.17) is 0 Å². The zero-order chi connectivity index (χ0) is 11.2. The van der Waals surface area contributed by atoms with Crippen molar-refractivity contribution in [2.45, 2.75) is 6.92 Å². The second-order valence-corrected chi connectivity index (χ2v) is 3.22. The Morgan fingerprint density at radius 3 is 2.27 bits per heavy atom. The Morgan fingerprint density at radius 1 is 1.20 bits per heavy atom. The van der Waals surface area contributed by atoms with Crippen molar-refractivity contribution in [1.82, 2.24) is 5.32 Å². The average molecular weight is 206 g/mol. The molecule has 6 nitrogen and oxygen atoms in total. The fourth-order valence-electron chi connectivity index (χ4n) is 1.51. The van der Waals surface area contributed by atoms with Crippen LogP contribution in [0.15, 0.2) is 12.1 Å². The van der Waals surface area contributed by atoms with Gasteiger partial charge >= 0.3 is 0 Å². The molecular formula is C9H6N2O4. The van der Waals surface area contributed by atoms with Gasteiger partial charge in [-0.25, -0.2) is 0 Å². The number of hydrogen-bond donors (Lipinski definition) is 1. The lowest BCUT2D eigenvalue weighted by atomic mass is 10.0. The Bertz CT molecular complexity index is 507. The van der Waals surface area contributed by atoms with Crippen molar-refractivity contribution in [1.29, 1.82) is 0 Å². The SMILES string of the molecule is Cc1cc2c(cc1[N+](=O)[O-])C(=O)NC2=O. The van der Waals surface area contributed by atoms with Crippen LogP contribution in [-0.4, -0.2) is 16.7 Å². The number of carbonyl (C=O) groups is 2. The monoisotopic (exact) mass is 206 g/mol. The molecule has 0 aromatic heterocycles. The first-order valence-corrected chi connectivity index (χ1v) is 4.15. The lowest BCUT2D eigenvalue weighted by Crippen LogP contribution is -2.19. The molecule has 0 saturated carbocycles. The quantitative estimate of drug-likeness (QED) is 0.417. The van der Waals surface area contributed by atoms with Gasteiger partial charge in [-0.3, -0.25) is 25.0 Å². The van der Waals surface area contributed by atoms with Crippen LogP contribution in [0.3, 0.4) is 0 Å². The molecule has 1 aliphatic heterocycles. The zero-order valence-electron chi connectivity index (χ0n) is 7.73. The molecule has 0 radical (unpaired) electrons. The summed E-state index contributed by atoms with van der Waals surface area (Å²) < 4.78 is 0. The number of hydrogen-bond acceptors (Lipinski definition) is 4. The highest BCUT2D eigenvalue weighted by Crippen LogP contribution is 2.25. The van der Waals surface area contributed by atoms with E-state index in [0.717, 1.165) is 6.07 Å². The van der Waals surface area contributed by atoms with E-state index in [-0.39, 0.29) is 16.8 Å². The first-order chi connectivity index (χ1) is 7.00. The normalized spacial score (nSPS) is 13.7. The van der Waals surface area contributed by atoms with E-state index in [1.807, 2.05) is 0 Å². The second kappa shape index (κ2) is 2.88. The third-order valence-electron chi connectivity index (χ3n) is 2.25. The number of fused-ring (bicyclic) bond motifs is 1. The highest BCUT2D eigenvalue weighted by atomic mass is 16.6. The number of nitro groups is 1. The Hall–Kier alpha value is -2.24. The van der Waals surface area contributed by atoms with E-state index in [1.165, 1.54) is 13.0 Å². The first-order valence-electron chi connectivity index (χ1n) is 4.15. The lowest BCUT2D eigenvalue weighted by molar-refractivity contribution is -0.385. The summed E-state index contributed by atoms with van der Waals surface area (Å²) in [6.45, 7) is 1.52. The number of nitro benzene ring substituents is 1. The molecule has 2 amide bonds. The van der Waals surface area contributed by atoms with Crippen LogP contribution < -0.4 is 5.32 Å². The number of amides is 2. The number of nitrogens with one attached hydrogen (secondary N) is 1. The van der Waals surface area contributed by atoms with E-state index < -0.39 is 16.7 Å². The maximum atomic E-state index is 11.2.